The highest BCUT2D eigenvalue weighted by atomic mass is 35.5. The van der Waals surface area contributed by atoms with Crippen LogP contribution in [0.25, 0.3) is 0 Å². The first kappa shape index (κ1) is 16.7. The van der Waals surface area contributed by atoms with Gasteiger partial charge in [0, 0.05) is 16.3 Å². The first-order valence-corrected chi connectivity index (χ1v) is 9.00. The molecule has 6 heteroatoms. The Kier molecular flexibility index (Phi) is 6.42. The van der Waals surface area contributed by atoms with Gasteiger partial charge in [-0.2, -0.15) is 0 Å². The number of thioether (sulfide) groups is 1. The van der Waals surface area contributed by atoms with Crippen molar-refractivity contribution in [3.05, 3.63) is 50.6 Å². The minimum atomic E-state index is -0.245. The zero-order valence-electron chi connectivity index (χ0n) is 11.4. The second kappa shape index (κ2) is 8.08. The third-order valence-corrected chi connectivity index (χ3v) is 5.87. The number of benzene rings is 1. The summed E-state index contributed by atoms with van der Waals surface area (Å²) < 4.78 is 0. The molecule has 1 atom stereocenters. The van der Waals surface area contributed by atoms with Gasteiger partial charge in [0.05, 0.1) is 15.3 Å². The van der Waals surface area contributed by atoms with Crippen molar-refractivity contribution in [3.8, 4) is 0 Å². The molecule has 0 saturated carbocycles. The molecule has 0 bridgehead atoms. The van der Waals surface area contributed by atoms with Crippen molar-refractivity contribution in [2.45, 2.75) is 23.5 Å². The van der Waals surface area contributed by atoms with E-state index in [0.29, 0.717) is 16.6 Å². The first-order chi connectivity index (χ1) is 10.1. The van der Waals surface area contributed by atoms with Crippen LogP contribution in [0.4, 0.5) is 0 Å². The summed E-state index contributed by atoms with van der Waals surface area (Å²) in [5.74, 6) is -0.00691. The third-order valence-electron chi connectivity index (χ3n) is 2.83. The molecule has 0 fully saturated rings. The van der Waals surface area contributed by atoms with Gasteiger partial charge in [-0.15, -0.1) is 23.1 Å². The van der Waals surface area contributed by atoms with E-state index >= 15 is 0 Å². The van der Waals surface area contributed by atoms with Gasteiger partial charge < -0.3 is 5.32 Å². The van der Waals surface area contributed by atoms with Crippen molar-refractivity contribution >= 4 is 52.2 Å². The lowest BCUT2D eigenvalue weighted by Crippen LogP contribution is -2.32. The summed E-state index contributed by atoms with van der Waals surface area (Å²) in [6.07, 6.45) is 0.855. The van der Waals surface area contributed by atoms with Crippen molar-refractivity contribution in [2.24, 2.45) is 0 Å². The lowest BCUT2D eigenvalue weighted by molar-refractivity contribution is -0.120. The zero-order valence-corrected chi connectivity index (χ0v) is 14.6. The van der Waals surface area contributed by atoms with E-state index in [-0.39, 0.29) is 11.2 Å². The fraction of sp³-hybridized carbons (Fsp3) is 0.267. The molecular formula is C15H15Cl2NOS2. The van der Waals surface area contributed by atoms with Gasteiger partial charge in [0.25, 0.3) is 0 Å². The zero-order chi connectivity index (χ0) is 15.2. The number of halogens is 2. The van der Waals surface area contributed by atoms with Crippen LogP contribution < -0.4 is 5.32 Å². The lowest BCUT2D eigenvalue weighted by atomic mass is 10.3. The predicted octanol–water partition coefficient (Wildman–Crippen LogP) is 4.89. The standard InChI is InChI=1S/C15H15Cl2NOS2/c1-10(21-14-12(16)5-2-6-13(14)17)15(19)18-8-7-11-4-3-9-20-11/h2-6,9-10H,7-8H2,1H3,(H,18,19)/t10-/m1/s1. The minimum Gasteiger partial charge on any atom is -0.355 e. The van der Waals surface area contributed by atoms with Crippen LogP contribution in [-0.4, -0.2) is 17.7 Å². The van der Waals surface area contributed by atoms with Crippen LogP contribution in [0, 0.1) is 0 Å². The summed E-state index contributed by atoms with van der Waals surface area (Å²) in [7, 11) is 0. The van der Waals surface area contributed by atoms with Crippen molar-refractivity contribution in [3.63, 3.8) is 0 Å². The Bertz CT molecular complexity index is 581. The number of thiophene rings is 1. The molecular weight excluding hydrogens is 345 g/mol. The van der Waals surface area contributed by atoms with Gasteiger partial charge in [-0.25, -0.2) is 0 Å². The fourth-order valence-electron chi connectivity index (χ4n) is 1.73. The minimum absolute atomic E-state index is 0.00691. The number of hydrogen-bond acceptors (Lipinski definition) is 3. The monoisotopic (exact) mass is 359 g/mol. The van der Waals surface area contributed by atoms with Gasteiger partial charge in [0.1, 0.15) is 0 Å². The van der Waals surface area contributed by atoms with E-state index in [9.17, 15) is 4.79 Å². The Hall–Kier alpha value is -0.680. The molecule has 2 aromatic rings. The number of hydrogen-bond donors (Lipinski definition) is 1. The summed E-state index contributed by atoms with van der Waals surface area (Å²) in [5, 5.41) is 5.88. The molecule has 1 amide bonds. The Labute approximate surface area is 142 Å². The smallest absolute Gasteiger partial charge is 0.233 e. The van der Waals surface area contributed by atoms with Crippen LogP contribution in [0.5, 0.6) is 0 Å². The van der Waals surface area contributed by atoms with E-state index in [0.717, 1.165) is 11.3 Å². The number of amides is 1. The lowest BCUT2D eigenvalue weighted by Gasteiger charge is -2.13. The molecule has 0 saturated heterocycles. The quantitative estimate of drug-likeness (QED) is 0.743. The molecule has 1 aromatic carbocycles. The van der Waals surface area contributed by atoms with E-state index < -0.39 is 0 Å². The average molecular weight is 360 g/mol. The van der Waals surface area contributed by atoms with E-state index in [1.165, 1.54) is 16.6 Å². The van der Waals surface area contributed by atoms with Gasteiger partial charge >= 0.3 is 0 Å². The van der Waals surface area contributed by atoms with Crippen LogP contribution in [0.2, 0.25) is 10.0 Å². The maximum Gasteiger partial charge on any atom is 0.233 e. The van der Waals surface area contributed by atoms with E-state index in [1.807, 2.05) is 18.4 Å². The van der Waals surface area contributed by atoms with Crippen LogP contribution in [0.15, 0.2) is 40.6 Å². The molecule has 0 spiro atoms. The molecule has 112 valence electrons. The molecule has 0 unspecified atom stereocenters. The highest BCUT2D eigenvalue weighted by molar-refractivity contribution is 8.00. The molecule has 0 aliphatic rings. The van der Waals surface area contributed by atoms with Gasteiger partial charge in [-0.05, 0) is 36.9 Å². The topological polar surface area (TPSA) is 29.1 Å². The first-order valence-electron chi connectivity index (χ1n) is 6.48. The van der Waals surface area contributed by atoms with Gasteiger partial charge in [0.2, 0.25) is 5.91 Å². The van der Waals surface area contributed by atoms with Crippen LogP contribution >= 0.6 is 46.3 Å². The van der Waals surface area contributed by atoms with Gasteiger partial charge in [-0.1, -0.05) is 35.3 Å². The molecule has 1 heterocycles. The number of carbonyl (C=O) groups is 1. The maximum atomic E-state index is 12.1. The van der Waals surface area contributed by atoms with Crippen LogP contribution in [0.3, 0.4) is 0 Å². The molecule has 0 aliphatic carbocycles. The largest absolute Gasteiger partial charge is 0.355 e. The molecule has 1 aromatic heterocycles. The fourth-order valence-corrected chi connectivity index (χ4v) is 4.01. The Morgan fingerprint density at radius 3 is 2.62 bits per heavy atom. The Morgan fingerprint density at radius 1 is 1.29 bits per heavy atom. The van der Waals surface area contributed by atoms with E-state index in [1.54, 1.807) is 29.5 Å². The Balaban J connectivity index is 1.85. The summed E-state index contributed by atoms with van der Waals surface area (Å²) in [6, 6.07) is 9.42. The van der Waals surface area contributed by atoms with Gasteiger partial charge in [0.15, 0.2) is 0 Å². The van der Waals surface area contributed by atoms with Crippen molar-refractivity contribution in [1.29, 1.82) is 0 Å². The number of carbonyl (C=O) groups excluding carboxylic acids is 1. The molecule has 1 N–H and O–H groups in total. The summed E-state index contributed by atoms with van der Waals surface area (Å²) in [4.78, 5) is 14.1. The summed E-state index contributed by atoms with van der Waals surface area (Å²) in [6.45, 7) is 2.49. The Morgan fingerprint density at radius 2 is 2.00 bits per heavy atom. The number of nitrogens with one attached hydrogen (secondary N) is 1. The maximum absolute atomic E-state index is 12.1. The molecule has 0 radical (unpaired) electrons. The normalized spacial score (nSPS) is 12.1. The van der Waals surface area contributed by atoms with Crippen LogP contribution in [-0.2, 0) is 11.2 Å². The summed E-state index contributed by atoms with van der Waals surface area (Å²) in [5.41, 5.74) is 0. The van der Waals surface area contributed by atoms with E-state index in [4.69, 9.17) is 23.2 Å². The predicted molar refractivity (Wildman–Crippen MR) is 92.8 cm³/mol. The average Bonchev–Trinajstić information content (AvgIpc) is 2.96. The number of rotatable bonds is 6. The molecule has 21 heavy (non-hydrogen) atoms. The van der Waals surface area contributed by atoms with Crippen molar-refractivity contribution < 1.29 is 4.79 Å². The molecule has 0 aliphatic heterocycles. The van der Waals surface area contributed by atoms with Crippen molar-refractivity contribution in [1.82, 2.24) is 5.32 Å². The second-order valence-electron chi connectivity index (χ2n) is 4.43. The molecule has 2 nitrogen and oxygen atoms in total. The van der Waals surface area contributed by atoms with E-state index in [2.05, 4.69) is 11.4 Å². The third kappa shape index (κ3) is 4.92. The highest BCUT2D eigenvalue weighted by Crippen LogP contribution is 2.36. The highest BCUT2D eigenvalue weighted by Gasteiger charge is 2.17. The molecule has 2 rings (SSSR count). The van der Waals surface area contributed by atoms with Gasteiger partial charge in [-0.3, -0.25) is 4.79 Å². The van der Waals surface area contributed by atoms with Crippen molar-refractivity contribution in [2.75, 3.05) is 6.54 Å². The summed E-state index contributed by atoms with van der Waals surface area (Å²) >= 11 is 15.3. The SMILES string of the molecule is C[C@@H](Sc1c(Cl)cccc1Cl)C(=O)NCCc1cccs1. The second-order valence-corrected chi connectivity index (χ2v) is 7.63. The van der Waals surface area contributed by atoms with Crippen LogP contribution in [0.1, 0.15) is 11.8 Å².